The number of carbonyl (C=O) groups is 1. The summed E-state index contributed by atoms with van der Waals surface area (Å²) in [4.78, 5) is 11.6. The van der Waals surface area contributed by atoms with Crippen molar-refractivity contribution in [1.82, 2.24) is 0 Å². The number of benzene rings is 1. The Morgan fingerprint density at radius 3 is 2.53 bits per heavy atom. The molecule has 0 bridgehead atoms. The molecule has 1 aromatic carbocycles. The fourth-order valence-electron chi connectivity index (χ4n) is 1.36. The van der Waals surface area contributed by atoms with E-state index < -0.39 is 0 Å². The number of ether oxygens (including phenoxy) is 2. The van der Waals surface area contributed by atoms with Crippen molar-refractivity contribution < 1.29 is 14.3 Å². The topological polar surface area (TPSA) is 61.5 Å². The number of halogens is 1. The largest absolute Gasteiger partial charge is 0.493 e. The van der Waals surface area contributed by atoms with Gasteiger partial charge in [0.2, 0.25) is 0 Å². The number of hydrogen-bond acceptors (Lipinski definition) is 4. The number of nitrogens with two attached hydrogens (primary N) is 1. The zero-order valence-corrected chi connectivity index (χ0v) is 11.7. The Morgan fingerprint density at radius 1 is 1.41 bits per heavy atom. The molecule has 17 heavy (non-hydrogen) atoms. The SMILES string of the molecule is COc1cc(Br)c(C(=O)CN)cc1OC(C)C. The summed E-state index contributed by atoms with van der Waals surface area (Å²) in [5.74, 6) is 0.981. The van der Waals surface area contributed by atoms with Crippen LogP contribution in [0.15, 0.2) is 16.6 Å². The van der Waals surface area contributed by atoms with Crippen molar-refractivity contribution in [3.8, 4) is 11.5 Å². The molecule has 0 fully saturated rings. The molecular weight excluding hydrogens is 286 g/mol. The van der Waals surface area contributed by atoms with Gasteiger partial charge in [0.05, 0.1) is 19.8 Å². The molecule has 2 N–H and O–H groups in total. The van der Waals surface area contributed by atoms with Crippen LogP contribution in [0.25, 0.3) is 0 Å². The molecule has 5 heteroatoms. The standard InChI is InChI=1S/C12H16BrNO3/c1-7(2)17-12-4-8(10(15)6-14)9(13)5-11(12)16-3/h4-5,7H,6,14H2,1-3H3. The molecular formula is C12H16BrNO3. The molecule has 0 heterocycles. The quantitative estimate of drug-likeness (QED) is 0.848. The minimum atomic E-state index is -0.145. The summed E-state index contributed by atoms with van der Waals surface area (Å²) in [5.41, 5.74) is 5.86. The normalized spacial score (nSPS) is 10.5. The Kier molecular flexibility index (Phi) is 4.96. The van der Waals surface area contributed by atoms with Crippen LogP contribution < -0.4 is 15.2 Å². The van der Waals surface area contributed by atoms with Crippen LogP contribution in [0.5, 0.6) is 11.5 Å². The first-order chi connectivity index (χ1) is 7.99. The van der Waals surface area contributed by atoms with Crippen molar-refractivity contribution in [2.75, 3.05) is 13.7 Å². The summed E-state index contributed by atoms with van der Waals surface area (Å²) in [7, 11) is 1.55. The van der Waals surface area contributed by atoms with E-state index >= 15 is 0 Å². The number of hydrogen-bond donors (Lipinski definition) is 1. The zero-order valence-electron chi connectivity index (χ0n) is 10.1. The molecule has 0 aliphatic rings. The van der Waals surface area contributed by atoms with Gasteiger partial charge in [-0.25, -0.2) is 0 Å². The smallest absolute Gasteiger partial charge is 0.177 e. The maximum Gasteiger partial charge on any atom is 0.177 e. The van der Waals surface area contributed by atoms with Crippen molar-refractivity contribution in [2.45, 2.75) is 20.0 Å². The highest BCUT2D eigenvalue weighted by molar-refractivity contribution is 9.10. The van der Waals surface area contributed by atoms with Crippen molar-refractivity contribution in [2.24, 2.45) is 5.73 Å². The van der Waals surface area contributed by atoms with Crippen molar-refractivity contribution in [1.29, 1.82) is 0 Å². The van der Waals surface area contributed by atoms with Gasteiger partial charge in [-0.2, -0.15) is 0 Å². The second-order valence-electron chi connectivity index (χ2n) is 3.78. The van der Waals surface area contributed by atoms with Crippen molar-refractivity contribution >= 4 is 21.7 Å². The lowest BCUT2D eigenvalue weighted by Crippen LogP contribution is -2.15. The first-order valence-electron chi connectivity index (χ1n) is 5.27. The van der Waals surface area contributed by atoms with E-state index in [1.54, 1.807) is 19.2 Å². The van der Waals surface area contributed by atoms with Crippen molar-refractivity contribution in [3.63, 3.8) is 0 Å². The molecule has 0 aliphatic heterocycles. The number of carbonyl (C=O) groups excluding carboxylic acids is 1. The Balaban J connectivity index is 3.22. The minimum Gasteiger partial charge on any atom is -0.493 e. The molecule has 0 amide bonds. The maximum absolute atomic E-state index is 11.6. The summed E-state index contributed by atoms with van der Waals surface area (Å²) < 4.78 is 11.4. The fourth-order valence-corrected chi connectivity index (χ4v) is 1.91. The van der Waals surface area contributed by atoms with E-state index in [0.717, 1.165) is 0 Å². The van der Waals surface area contributed by atoms with Gasteiger partial charge in [0.1, 0.15) is 0 Å². The van der Waals surface area contributed by atoms with Crippen LogP contribution in [0.4, 0.5) is 0 Å². The van der Waals surface area contributed by atoms with Crippen LogP contribution in [-0.2, 0) is 0 Å². The average Bonchev–Trinajstić information content (AvgIpc) is 2.29. The predicted molar refractivity (Wildman–Crippen MR) is 69.8 cm³/mol. The van der Waals surface area contributed by atoms with Gasteiger partial charge in [-0.1, -0.05) is 0 Å². The highest BCUT2D eigenvalue weighted by Gasteiger charge is 2.15. The summed E-state index contributed by atoms with van der Waals surface area (Å²) in [6.07, 6.45) is 0.00547. The Hall–Kier alpha value is -1.07. The molecule has 0 saturated carbocycles. The zero-order chi connectivity index (χ0) is 13.0. The lowest BCUT2D eigenvalue weighted by Gasteiger charge is -2.15. The van der Waals surface area contributed by atoms with Gasteiger partial charge >= 0.3 is 0 Å². The first kappa shape index (κ1) is 14.0. The summed E-state index contributed by atoms with van der Waals surface area (Å²) in [6, 6.07) is 3.36. The third kappa shape index (κ3) is 3.44. The van der Waals surface area contributed by atoms with Gasteiger partial charge in [-0.3, -0.25) is 4.79 Å². The summed E-state index contributed by atoms with van der Waals surface area (Å²) in [6.45, 7) is 3.78. The van der Waals surface area contributed by atoms with E-state index in [4.69, 9.17) is 15.2 Å². The van der Waals surface area contributed by atoms with Crippen LogP contribution in [-0.4, -0.2) is 25.5 Å². The van der Waals surface area contributed by atoms with Gasteiger partial charge in [-0.15, -0.1) is 0 Å². The second-order valence-corrected chi connectivity index (χ2v) is 4.63. The van der Waals surface area contributed by atoms with E-state index in [1.807, 2.05) is 13.8 Å². The number of rotatable bonds is 5. The van der Waals surface area contributed by atoms with Crippen LogP contribution in [0, 0.1) is 0 Å². The fraction of sp³-hybridized carbons (Fsp3) is 0.417. The third-order valence-corrected chi connectivity index (χ3v) is 2.76. The maximum atomic E-state index is 11.6. The molecule has 0 radical (unpaired) electrons. The number of ketones is 1. The number of methoxy groups -OCH3 is 1. The molecule has 0 unspecified atom stereocenters. The minimum absolute atomic E-state index is 0.00547. The van der Waals surface area contributed by atoms with E-state index in [2.05, 4.69) is 15.9 Å². The monoisotopic (exact) mass is 301 g/mol. The van der Waals surface area contributed by atoms with Crippen LogP contribution in [0.3, 0.4) is 0 Å². The highest BCUT2D eigenvalue weighted by atomic mass is 79.9. The van der Waals surface area contributed by atoms with Gasteiger partial charge in [0.25, 0.3) is 0 Å². The average molecular weight is 302 g/mol. The third-order valence-electron chi connectivity index (χ3n) is 2.10. The molecule has 0 saturated heterocycles. The molecule has 0 spiro atoms. The van der Waals surface area contributed by atoms with E-state index in [-0.39, 0.29) is 18.4 Å². The summed E-state index contributed by atoms with van der Waals surface area (Å²) >= 11 is 3.32. The van der Waals surface area contributed by atoms with Crippen LogP contribution in [0.2, 0.25) is 0 Å². The molecule has 1 aromatic rings. The summed E-state index contributed by atoms with van der Waals surface area (Å²) in [5, 5.41) is 0. The predicted octanol–water partition coefficient (Wildman–Crippen LogP) is 2.39. The Labute approximate surface area is 109 Å². The van der Waals surface area contributed by atoms with Gasteiger partial charge in [-0.05, 0) is 41.9 Å². The first-order valence-corrected chi connectivity index (χ1v) is 6.06. The Bertz CT molecular complexity index is 418. The van der Waals surface area contributed by atoms with Crippen molar-refractivity contribution in [3.05, 3.63) is 22.2 Å². The van der Waals surface area contributed by atoms with Gasteiger partial charge in [0, 0.05) is 10.0 Å². The molecule has 1 rings (SSSR count). The van der Waals surface area contributed by atoms with Gasteiger partial charge in [0.15, 0.2) is 17.3 Å². The Morgan fingerprint density at radius 2 is 2.06 bits per heavy atom. The highest BCUT2D eigenvalue weighted by Crippen LogP contribution is 2.34. The molecule has 94 valence electrons. The number of Topliss-reactive ketones (excluding diaryl/α,β-unsaturated/α-hetero) is 1. The van der Waals surface area contributed by atoms with E-state index in [0.29, 0.717) is 21.5 Å². The molecule has 0 atom stereocenters. The van der Waals surface area contributed by atoms with E-state index in [9.17, 15) is 4.79 Å². The second kappa shape index (κ2) is 6.02. The van der Waals surface area contributed by atoms with E-state index in [1.165, 1.54) is 0 Å². The van der Waals surface area contributed by atoms with Crippen LogP contribution >= 0.6 is 15.9 Å². The molecule has 0 aromatic heterocycles. The lowest BCUT2D eigenvalue weighted by atomic mass is 10.1. The molecule has 4 nitrogen and oxygen atoms in total. The molecule has 0 aliphatic carbocycles. The van der Waals surface area contributed by atoms with Gasteiger partial charge < -0.3 is 15.2 Å². The lowest BCUT2D eigenvalue weighted by molar-refractivity contribution is 0.0999. The van der Waals surface area contributed by atoms with Crippen LogP contribution in [0.1, 0.15) is 24.2 Å².